The highest BCUT2D eigenvalue weighted by atomic mass is 32.2. The number of aliphatic hydroxyl groups is 1. The average molecular weight is 273 g/mol. The topological polar surface area (TPSA) is 106 Å². The number of aromatic nitrogens is 3. The second-order valence-electron chi connectivity index (χ2n) is 3.78. The number of anilines is 1. The van der Waals surface area contributed by atoms with Gasteiger partial charge in [-0.15, -0.1) is 0 Å². The van der Waals surface area contributed by atoms with Crippen molar-refractivity contribution < 1.29 is 9.84 Å². The summed E-state index contributed by atoms with van der Waals surface area (Å²) in [6, 6.07) is 0.236. The van der Waals surface area contributed by atoms with E-state index in [-0.39, 0.29) is 17.2 Å². The zero-order valence-corrected chi connectivity index (χ0v) is 11.6. The molecule has 0 aliphatic rings. The summed E-state index contributed by atoms with van der Waals surface area (Å²) in [5.74, 6) is 5.54. The maximum Gasteiger partial charge on any atom is 0.322 e. The third-order valence-corrected chi connectivity index (χ3v) is 3.29. The van der Waals surface area contributed by atoms with E-state index in [9.17, 15) is 5.11 Å². The van der Waals surface area contributed by atoms with E-state index >= 15 is 0 Å². The fraction of sp³-hybridized carbons (Fsp3) is 0.700. The molecule has 1 aromatic heterocycles. The van der Waals surface area contributed by atoms with Crippen LogP contribution in [-0.2, 0) is 0 Å². The Morgan fingerprint density at radius 3 is 2.67 bits per heavy atom. The van der Waals surface area contributed by atoms with Crippen molar-refractivity contribution in [3.05, 3.63) is 0 Å². The van der Waals surface area contributed by atoms with Gasteiger partial charge in [0.2, 0.25) is 5.95 Å². The normalized spacial score (nSPS) is 14.1. The summed E-state index contributed by atoms with van der Waals surface area (Å²) in [4.78, 5) is 12.2. The molecule has 2 unspecified atom stereocenters. The molecule has 1 heterocycles. The highest BCUT2D eigenvalue weighted by molar-refractivity contribution is 7.99. The number of hydrazine groups is 1. The Morgan fingerprint density at radius 1 is 1.39 bits per heavy atom. The van der Waals surface area contributed by atoms with Crippen molar-refractivity contribution in [1.82, 2.24) is 15.0 Å². The van der Waals surface area contributed by atoms with Crippen LogP contribution < -0.4 is 16.0 Å². The summed E-state index contributed by atoms with van der Waals surface area (Å²) in [6.07, 6.45) is 0.407. The molecule has 8 heteroatoms. The lowest BCUT2D eigenvalue weighted by Gasteiger charge is -2.13. The lowest BCUT2D eigenvalue weighted by Crippen LogP contribution is -2.17. The highest BCUT2D eigenvalue weighted by Gasteiger charge is 2.14. The molecule has 0 bridgehead atoms. The largest absolute Gasteiger partial charge is 0.463 e. The van der Waals surface area contributed by atoms with Crippen molar-refractivity contribution in [2.75, 3.05) is 12.0 Å². The Balaban J connectivity index is 2.82. The molecular weight excluding hydrogens is 254 g/mol. The molecule has 7 nitrogen and oxygen atoms in total. The molecule has 2 atom stereocenters. The van der Waals surface area contributed by atoms with Gasteiger partial charge in [-0.1, -0.05) is 25.6 Å². The van der Waals surface area contributed by atoms with Crippen LogP contribution in [-0.4, -0.2) is 38.0 Å². The molecule has 1 rings (SSSR count). The van der Waals surface area contributed by atoms with Crippen LogP contribution in [0.2, 0.25) is 0 Å². The number of hydrogen-bond donors (Lipinski definition) is 3. The SMILES string of the molecule is CCCOc1nc(NN)nc(SC(C)C(C)O)n1. The third kappa shape index (κ3) is 4.63. The second-order valence-corrected chi connectivity index (χ2v) is 5.12. The molecule has 0 aliphatic heterocycles. The van der Waals surface area contributed by atoms with Gasteiger partial charge in [-0.2, -0.15) is 15.0 Å². The van der Waals surface area contributed by atoms with Crippen LogP contribution in [0.25, 0.3) is 0 Å². The van der Waals surface area contributed by atoms with E-state index in [4.69, 9.17) is 10.6 Å². The van der Waals surface area contributed by atoms with Crippen LogP contribution in [0, 0.1) is 0 Å². The fourth-order valence-corrected chi connectivity index (χ4v) is 1.78. The second kappa shape index (κ2) is 7.34. The minimum absolute atomic E-state index is 0.0305. The van der Waals surface area contributed by atoms with Gasteiger partial charge in [-0.3, -0.25) is 5.43 Å². The summed E-state index contributed by atoms with van der Waals surface area (Å²) < 4.78 is 5.35. The third-order valence-electron chi connectivity index (χ3n) is 2.13. The van der Waals surface area contributed by atoms with Crippen molar-refractivity contribution in [1.29, 1.82) is 0 Å². The van der Waals surface area contributed by atoms with Gasteiger partial charge in [0.1, 0.15) is 0 Å². The maximum absolute atomic E-state index is 9.46. The Labute approximate surface area is 111 Å². The van der Waals surface area contributed by atoms with Crippen LogP contribution in [0.4, 0.5) is 5.95 Å². The van der Waals surface area contributed by atoms with E-state index in [0.717, 1.165) is 6.42 Å². The number of thioether (sulfide) groups is 1. The lowest BCUT2D eigenvalue weighted by atomic mass is 10.3. The Morgan fingerprint density at radius 2 is 2.11 bits per heavy atom. The van der Waals surface area contributed by atoms with Gasteiger partial charge >= 0.3 is 6.01 Å². The Hall–Kier alpha value is -1.12. The van der Waals surface area contributed by atoms with Crippen LogP contribution in [0.1, 0.15) is 27.2 Å². The number of nitrogen functional groups attached to an aromatic ring is 1. The van der Waals surface area contributed by atoms with Crippen molar-refractivity contribution in [3.8, 4) is 6.01 Å². The number of nitrogens with two attached hydrogens (primary N) is 1. The summed E-state index contributed by atoms with van der Waals surface area (Å²) in [5, 5.41) is 9.90. The first-order chi connectivity index (χ1) is 8.56. The lowest BCUT2D eigenvalue weighted by molar-refractivity contribution is 0.196. The van der Waals surface area contributed by atoms with E-state index in [0.29, 0.717) is 11.8 Å². The molecule has 0 aliphatic carbocycles. The zero-order valence-electron chi connectivity index (χ0n) is 10.8. The zero-order chi connectivity index (χ0) is 13.5. The number of ether oxygens (including phenoxy) is 1. The average Bonchev–Trinajstić information content (AvgIpc) is 2.35. The first-order valence-corrected chi connectivity index (χ1v) is 6.65. The van der Waals surface area contributed by atoms with Gasteiger partial charge in [-0.25, -0.2) is 5.84 Å². The Bertz CT molecular complexity index is 377. The first kappa shape index (κ1) is 14.9. The fourth-order valence-electron chi connectivity index (χ4n) is 0.978. The predicted molar refractivity (Wildman–Crippen MR) is 70.4 cm³/mol. The van der Waals surface area contributed by atoms with Crippen LogP contribution in [0.15, 0.2) is 5.16 Å². The van der Waals surface area contributed by atoms with Crippen molar-refractivity contribution in [2.24, 2.45) is 5.84 Å². The van der Waals surface area contributed by atoms with Gasteiger partial charge in [0, 0.05) is 5.25 Å². The van der Waals surface area contributed by atoms with Gasteiger partial charge in [0.25, 0.3) is 0 Å². The molecule has 102 valence electrons. The molecule has 0 saturated heterocycles. The van der Waals surface area contributed by atoms with Crippen LogP contribution in [0.3, 0.4) is 0 Å². The molecule has 0 radical (unpaired) electrons. The number of aliphatic hydroxyl groups excluding tert-OH is 1. The summed E-state index contributed by atoms with van der Waals surface area (Å²) in [5.41, 5.74) is 2.37. The molecule has 0 aromatic carbocycles. The summed E-state index contributed by atoms with van der Waals surface area (Å²) in [6.45, 7) is 6.13. The monoisotopic (exact) mass is 273 g/mol. The van der Waals surface area contributed by atoms with Crippen LogP contribution >= 0.6 is 11.8 Å². The summed E-state index contributed by atoms with van der Waals surface area (Å²) in [7, 11) is 0. The number of rotatable bonds is 7. The van der Waals surface area contributed by atoms with Crippen molar-refractivity contribution >= 4 is 17.7 Å². The molecule has 4 N–H and O–H groups in total. The number of hydrogen-bond acceptors (Lipinski definition) is 8. The molecule has 0 spiro atoms. The molecule has 18 heavy (non-hydrogen) atoms. The summed E-state index contributed by atoms with van der Waals surface area (Å²) >= 11 is 1.34. The molecule has 0 fully saturated rings. The Kier molecular flexibility index (Phi) is 6.10. The smallest absolute Gasteiger partial charge is 0.322 e. The molecule has 1 aromatic rings. The standard InChI is InChI=1S/C10H19N5O2S/c1-4-5-17-9-12-8(15-11)13-10(14-9)18-7(3)6(2)16/h6-7,16H,4-5,11H2,1-3H3,(H,12,13,14,15). The van der Waals surface area contributed by atoms with E-state index in [1.165, 1.54) is 11.8 Å². The molecule has 0 saturated carbocycles. The van der Waals surface area contributed by atoms with Crippen molar-refractivity contribution in [3.63, 3.8) is 0 Å². The van der Waals surface area contributed by atoms with E-state index in [1.807, 2.05) is 13.8 Å². The quantitative estimate of drug-likeness (QED) is 0.380. The number of nitrogens with one attached hydrogen (secondary N) is 1. The van der Waals surface area contributed by atoms with E-state index in [2.05, 4.69) is 20.4 Å². The highest BCUT2D eigenvalue weighted by Crippen LogP contribution is 2.23. The molecule has 0 amide bonds. The maximum atomic E-state index is 9.46. The van der Waals surface area contributed by atoms with Gasteiger partial charge in [0.15, 0.2) is 5.16 Å². The minimum Gasteiger partial charge on any atom is -0.463 e. The van der Waals surface area contributed by atoms with Gasteiger partial charge in [0.05, 0.1) is 12.7 Å². The first-order valence-electron chi connectivity index (χ1n) is 5.77. The predicted octanol–water partition coefficient (Wildman–Crippen LogP) is 0.807. The van der Waals surface area contributed by atoms with E-state index in [1.54, 1.807) is 6.92 Å². The minimum atomic E-state index is -0.457. The molecular formula is C10H19N5O2S. The van der Waals surface area contributed by atoms with Crippen LogP contribution in [0.5, 0.6) is 6.01 Å². The van der Waals surface area contributed by atoms with Crippen molar-refractivity contribution in [2.45, 2.75) is 43.7 Å². The number of nitrogens with zero attached hydrogens (tertiary/aromatic N) is 3. The van der Waals surface area contributed by atoms with Gasteiger partial charge in [-0.05, 0) is 13.3 Å². The van der Waals surface area contributed by atoms with E-state index < -0.39 is 6.10 Å². The van der Waals surface area contributed by atoms with Gasteiger partial charge < -0.3 is 9.84 Å².